The Hall–Kier alpha value is -2.82. The lowest BCUT2D eigenvalue weighted by atomic mass is 10.2. The Morgan fingerprint density at radius 2 is 2.09 bits per heavy atom. The maximum atomic E-state index is 11.9. The minimum absolute atomic E-state index is 0.160. The van der Waals surface area contributed by atoms with Crippen LogP contribution in [0.3, 0.4) is 0 Å². The van der Waals surface area contributed by atoms with Crippen LogP contribution < -0.4 is 10.1 Å². The number of allylic oxidation sites excluding steroid dienone is 1. The first-order valence-corrected chi connectivity index (χ1v) is 6.90. The summed E-state index contributed by atoms with van der Waals surface area (Å²) in [6.45, 7) is 8.27. The number of benzene rings is 1. The molecule has 0 saturated heterocycles. The highest BCUT2D eigenvalue weighted by molar-refractivity contribution is 6.07. The van der Waals surface area contributed by atoms with Gasteiger partial charge in [0.2, 0.25) is 0 Å². The molecule has 0 radical (unpaired) electrons. The second-order valence-electron chi connectivity index (χ2n) is 4.67. The second-order valence-corrected chi connectivity index (χ2v) is 4.67. The predicted molar refractivity (Wildman–Crippen MR) is 87.5 cm³/mol. The molecule has 0 spiro atoms. The third kappa shape index (κ3) is 3.63. The Morgan fingerprint density at radius 3 is 2.68 bits per heavy atom. The van der Waals surface area contributed by atoms with Gasteiger partial charge < -0.3 is 10.1 Å². The quantitative estimate of drug-likeness (QED) is 0.462. The minimum atomic E-state index is -0.160. The van der Waals surface area contributed by atoms with E-state index in [1.54, 1.807) is 24.1 Å². The van der Waals surface area contributed by atoms with Crippen molar-refractivity contribution in [3.05, 3.63) is 66.9 Å². The van der Waals surface area contributed by atoms with E-state index in [-0.39, 0.29) is 5.78 Å². The third-order valence-electron chi connectivity index (χ3n) is 3.13. The zero-order chi connectivity index (χ0) is 15.9. The highest BCUT2D eigenvalue weighted by Gasteiger charge is 2.13. The van der Waals surface area contributed by atoms with Crippen molar-refractivity contribution in [3.63, 3.8) is 0 Å². The van der Waals surface area contributed by atoms with Gasteiger partial charge in [0, 0.05) is 12.7 Å². The molecule has 1 aromatic carbocycles. The summed E-state index contributed by atoms with van der Waals surface area (Å²) in [5.74, 6) is 1.19. The van der Waals surface area contributed by atoms with Crippen LogP contribution in [0.4, 0.5) is 5.82 Å². The molecule has 0 aliphatic heterocycles. The van der Waals surface area contributed by atoms with Crippen LogP contribution in [-0.4, -0.2) is 29.2 Å². The van der Waals surface area contributed by atoms with E-state index in [0.717, 1.165) is 11.3 Å². The first kappa shape index (κ1) is 15.6. The number of rotatable bonds is 8. The van der Waals surface area contributed by atoms with Crippen LogP contribution in [0, 0.1) is 0 Å². The molecule has 2 aromatic rings. The van der Waals surface area contributed by atoms with Gasteiger partial charge in [-0.15, -0.1) is 6.58 Å². The van der Waals surface area contributed by atoms with E-state index in [1.807, 2.05) is 24.3 Å². The van der Waals surface area contributed by atoms with Crippen LogP contribution >= 0.6 is 0 Å². The van der Waals surface area contributed by atoms with Gasteiger partial charge in [-0.05, 0) is 23.8 Å². The average Bonchev–Trinajstić information content (AvgIpc) is 2.95. The summed E-state index contributed by atoms with van der Waals surface area (Å²) in [4.78, 5) is 11.9. The number of aromatic nitrogens is 2. The molecule has 0 unspecified atom stereocenters. The number of methoxy groups -OCH3 is 1. The van der Waals surface area contributed by atoms with Crippen LogP contribution in [0.1, 0.15) is 15.9 Å². The highest BCUT2D eigenvalue weighted by atomic mass is 16.5. The summed E-state index contributed by atoms with van der Waals surface area (Å²) >= 11 is 0. The first-order chi connectivity index (χ1) is 10.7. The fourth-order valence-electron chi connectivity index (χ4n) is 2.01. The van der Waals surface area contributed by atoms with Crippen molar-refractivity contribution in [2.75, 3.05) is 19.0 Å². The maximum Gasteiger partial charge on any atom is 0.190 e. The molecule has 0 amide bonds. The van der Waals surface area contributed by atoms with E-state index in [1.165, 1.54) is 6.08 Å². The summed E-state index contributed by atoms with van der Waals surface area (Å²) in [7, 11) is 1.63. The molecular weight excluding hydrogens is 278 g/mol. The van der Waals surface area contributed by atoms with Crippen LogP contribution in [0.5, 0.6) is 5.75 Å². The van der Waals surface area contributed by atoms with E-state index >= 15 is 0 Å². The van der Waals surface area contributed by atoms with Crippen molar-refractivity contribution in [1.82, 2.24) is 9.78 Å². The standard InChI is InChI=1S/C17H19N3O2/c1-4-10-18-17-15(16(21)5-2)12-20(19-17)11-13-6-8-14(22-3)9-7-13/h4-9,12H,1-2,10-11H2,3H3,(H,18,19). The van der Waals surface area contributed by atoms with E-state index in [2.05, 4.69) is 23.6 Å². The minimum Gasteiger partial charge on any atom is -0.497 e. The van der Waals surface area contributed by atoms with Gasteiger partial charge >= 0.3 is 0 Å². The van der Waals surface area contributed by atoms with Gasteiger partial charge in [0.25, 0.3) is 0 Å². The normalized spacial score (nSPS) is 10.0. The van der Waals surface area contributed by atoms with Crippen molar-refractivity contribution in [2.45, 2.75) is 6.54 Å². The number of nitrogens with zero attached hydrogens (tertiary/aromatic N) is 2. The molecule has 5 nitrogen and oxygen atoms in total. The van der Waals surface area contributed by atoms with Gasteiger partial charge in [0.15, 0.2) is 11.6 Å². The number of carbonyl (C=O) groups excluding carboxylic acids is 1. The van der Waals surface area contributed by atoms with Crippen LogP contribution in [-0.2, 0) is 6.54 Å². The van der Waals surface area contributed by atoms with Crippen molar-refractivity contribution in [2.24, 2.45) is 0 Å². The number of anilines is 1. The van der Waals surface area contributed by atoms with Crippen molar-refractivity contribution in [3.8, 4) is 5.75 Å². The van der Waals surface area contributed by atoms with Gasteiger partial charge in [-0.2, -0.15) is 5.10 Å². The zero-order valence-electron chi connectivity index (χ0n) is 12.6. The van der Waals surface area contributed by atoms with E-state index in [4.69, 9.17) is 4.74 Å². The molecule has 0 bridgehead atoms. The summed E-state index contributed by atoms with van der Waals surface area (Å²) in [5, 5.41) is 7.48. The van der Waals surface area contributed by atoms with E-state index in [0.29, 0.717) is 24.5 Å². The Morgan fingerprint density at radius 1 is 1.36 bits per heavy atom. The zero-order valence-corrected chi connectivity index (χ0v) is 12.6. The summed E-state index contributed by atoms with van der Waals surface area (Å²) in [6.07, 6.45) is 4.72. The fraction of sp³-hybridized carbons (Fsp3) is 0.176. The third-order valence-corrected chi connectivity index (χ3v) is 3.13. The number of ketones is 1. The topological polar surface area (TPSA) is 56.1 Å². The van der Waals surface area contributed by atoms with Crippen LogP contribution in [0.15, 0.2) is 55.8 Å². The van der Waals surface area contributed by atoms with Gasteiger partial charge in [-0.25, -0.2) is 0 Å². The smallest absolute Gasteiger partial charge is 0.190 e. The molecule has 0 atom stereocenters. The summed E-state index contributed by atoms with van der Waals surface area (Å²) in [6, 6.07) is 7.72. The molecule has 0 saturated carbocycles. The molecule has 2 rings (SSSR count). The van der Waals surface area contributed by atoms with Crippen molar-refractivity contribution < 1.29 is 9.53 Å². The molecule has 114 valence electrons. The average molecular weight is 297 g/mol. The predicted octanol–water partition coefficient (Wildman–Crippen LogP) is 2.91. The molecule has 1 heterocycles. The molecule has 0 fully saturated rings. The van der Waals surface area contributed by atoms with E-state index < -0.39 is 0 Å². The van der Waals surface area contributed by atoms with Crippen molar-refractivity contribution >= 4 is 11.6 Å². The number of hydrogen-bond acceptors (Lipinski definition) is 4. The lowest BCUT2D eigenvalue weighted by Crippen LogP contribution is -2.04. The maximum absolute atomic E-state index is 11.9. The van der Waals surface area contributed by atoms with E-state index in [9.17, 15) is 4.79 Å². The highest BCUT2D eigenvalue weighted by Crippen LogP contribution is 2.17. The molecule has 5 heteroatoms. The fourth-order valence-corrected chi connectivity index (χ4v) is 2.01. The lowest BCUT2D eigenvalue weighted by Gasteiger charge is -2.04. The summed E-state index contributed by atoms with van der Waals surface area (Å²) < 4.78 is 6.86. The van der Waals surface area contributed by atoms with Gasteiger partial charge in [0.1, 0.15) is 5.75 Å². The first-order valence-electron chi connectivity index (χ1n) is 6.90. The molecule has 1 N–H and O–H groups in total. The number of ether oxygens (including phenoxy) is 1. The largest absolute Gasteiger partial charge is 0.497 e. The second kappa shape index (κ2) is 7.26. The number of nitrogens with one attached hydrogen (secondary N) is 1. The lowest BCUT2D eigenvalue weighted by molar-refractivity contribution is 0.104. The Bertz CT molecular complexity index is 672. The number of hydrogen-bond donors (Lipinski definition) is 1. The SMILES string of the molecule is C=CCNc1nn(Cc2ccc(OC)cc2)cc1C(=O)C=C. The number of carbonyl (C=O) groups is 1. The molecule has 22 heavy (non-hydrogen) atoms. The monoisotopic (exact) mass is 297 g/mol. The Labute approximate surface area is 129 Å². The molecule has 0 aliphatic carbocycles. The van der Waals surface area contributed by atoms with Crippen LogP contribution in [0.25, 0.3) is 0 Å². The molecule has 1 aromatic heterocycles. The van der Waals surface area contributed by atoms with Gasteiger partial charge in [-0.3, -0.25) is 9.48 Å². The Kier molecular flexibility index (Phi) is 5.14. The van der Waals surface area contributed by atoms with Crippen LogP contribution in [0.2, 0.25) is 0 Å². The molecular formula is C17H19N3O2. The van der Waals surface area contributed by atoms with Gasteiger partial charge in [-0.1, -0.05) is 24.8 Å². The molecule has 0 aliphatic rings. The summed E-state index contributed by atoms with van der Waals surface area (Å²) in [5.41, 5.74) is 1.57. The van der Waals surface area contributed by atoms with Gasteiger partial charge in [0.05, 0.1) is 19.2 Å². The Balaban J connectivity index is 2.22. The van der Waals surface area contributed by atoms with Crippen molar-refractivity contribution in [1.29, 1.82) is 0 Å².